The summed E-state index contributed by atoms with van der Waals surface area (Å²) in [5, 5.41) is 18.2. The molecule has 0 radical (unpaired) electrons. The number of anilines is 1. The van der Waals surface area contributed by atoms with Gasteiger partial charge in [-0.2, -0.15) is 0 Å². The van der Waals surface area contributed by atoms with Crippen LogP contribution in [0.5, 0.6) is 5.75 Å². The summed E-state index contributed by atoms with van der Waals surface area (Å²) in [5.74, 6) is -1.96. The van der Waals surface area contributed by atoms with Crippen molar-refractivity contribution in [1.29, 1.82) is 0 Å². The summed E-state index contributed by atoms with van der Waals surface area (Å²) in [5.41, 5.74) is 0.222. The molecule has 0 fully saturated rings. The molecule has 0 aliphatic carbocycles. The van der Waals surface area contributed by atoms with Gasteiger partial charge in [-0.3, -0.25) is 4.31 Å². The van der Waals surface area contributed by atoms with Crippen molar-refractivity contribution in [2.45, 2.75) is 4.90 Å². The zero-order valence-corrected chi connectivity index (χ0v) is 13.1. The molecule has 0 saturated carbocycles. The van der Waals surface area contributed by atoms with Crippen molar-refractivity contribution >= 4 is 37.6 Å². The van der Waals surface area contributed by atoms with Gasteiger partial charge < -0.3 is 14.6 Å². The van der Waals surface area contributed by atoms with Crippen LogP contribution < -0.4 is 4.31 Å². The first-order valence-electron chi connectivity index (χ1n) is 5.54. The van der Waals surface area contributed by atoms with Crippen LogP contribution in [0.2, 0.25) is 0 Å². The van der Waals surface area contributed by atoms with E-state index in [4.69, 9.17) is 9.52 Å². The lowest BCUT2D eigenvalue weighted by atomic mass is 10.3. The minimum absolute atomic E-state index is 0.0907. The molecular formula is C12H10BrNO6S. The van der Waals surface area contributed by atoms with Gasteiger partial charge in [0.05, 0.1) is 5.69 Å². The topological polar surface area (TPSA) is 108 Å². The molecule has 0 amide bonds. The summed E-state index contributed by atoms with van der Waals surface area (Å²) in [6.07, 6.45) is 0. The van der Waals surface area contributed by atoms with Crippen LogP contribution in [0.25, 0.3) is 0 Å². The monoisotopic (exact) mass is 375 g/mol. The third-order valence-corrected chi connectivity index (χ3v) is 5.34. The molecule has 0 unspecified atom stereocenters. The number of furan rings is 1. The van der Waals surface area contributed by atoms with Crippen LogP contribution in [0.15, 0.2) is 44.3 Å². The van der Waals surface area contributed by atoms with Gasteiger partial charge >= 0.3 is 5.97 Å². The second-order valence-corrected chi connectivity index (χ2v) is 6.70. The van der Waals surface area contributed by atoms with Gasteiger partial charge in [-0.25, -0.2) is 13.2 Å². The highest BCUT2D eigenvalue weighted by Gasteiger charge is 2.29. The molecule has 21 heavy (non-hydrogen) atoms. The molecule has 1 aromatic heterocycles. The Morgan fingerprint density at radius 3 is 2.52 bits per heavy atom. The van der Waals surface area contributed by atoms with Crippen LogP contribution in [0, 0.1) is 0 Å². The molecule has 0 saturated heterocycles. The average Bonchev–Trinajstić information content (AvgIpc) is 2.81. The maximum absolute atomic E-state index is 12.5. The lowest BCUT2D eigenvalue weighted by molar-refractivity contribution is 0.0661. The van der Waals surface area contributed by atoms with Gasteiger partial charge in [0.25, 0.3) is 10.0 Å². The fourth-order valence-electron chi connectivity index (χ4n) is 1.61. The Morgan fingerprint density at radius 1 is 1.33 bits per heavy atom. The van der Waals surface area contributed by atoms with Crippen molar-refractivity contribution in [3.8, 4) is 5.75 Å². The number of carboxylic acid groups (broad SMARTS) is 1. The highest BCUT2D eigenvalue weighted by atomic mass is 79.9. The summed E-state index contributed by atoms with van der Waals surface area (Å²) >= 11 is 2.89. The van der Waals surface area contributed by atoms with Crippen LogP contribution in [0.3, 0.4) is 0 Å². The number of carboxylic acids is 1. The first kappa shape index (κ1) is 15.4. The zero-order chi connectivity index (χ0) is 15.8. The van der Waals surface area contributed by atoms with Gasteiger partial charge in [0.2, 0.25) is 5.76 Å². The van der Waals surface area contributed by atoms with Crippen molar-refractivity contribution in [2.24, 2.45) is 0 Å². The summed E-state index contributed by atoms with van der Waals surface area (Å²) in [6, 6.07) is 6.57. The summed E-state index contributed by atoms with van der Waals surface area (Å²) in [6.45, 7) is 0. The predicted octanol–water partition coefficient (Wildman–Crippen LogP) is 2.27. The van der Waals surface area contributed by atoms with E-state index in [1.54, 1.807) is 0 Å². The van der Waals surface area contributed by atoms with E-state index in [9.17, 15) is 18.3 Å². The Labute approximate surface area is 128 Å². The number of rotatable bonds is 4. The SMILES string of the molecule is CN(c1cccc(O)c1)S(=O)(=O)c1cc(C(=O)O)oc1Br. The molecule has 2 rings (SSSR count). The predicted molar refractivity (Wildman–Crippen MR) is 77.1 cm³/mol. The van der Waals surface area contributed by atoms with Crippen molar-refractivity contribution in [3.05, 3.63) is 40.8 Å². The van der Waals surface area contributed by atoms with Gasteiger partial charge in [-0.15, -0.1) is 0 Å². The van der Waals surface area contributed by atoms with E-state index in [-0.39, 0.29) is 21.0 Å². The quantitative estimate of drug-likeness (QED) is 0.848. The van der Waals surface area contributed by atoms with Crippen LogP contribution in [-0.4, -0.2) is 31.6 Å². The standard InChI is InChI=1S/C12H10BrNO6S/c1-14(7-3-2-4-8(15)5-7)21(18,19)10-6-9(12(16)17)20-11(10)13/h2-6,15H,1H3,(H,16,17). The molecule has 7 nitrogen and oxygen atoms in total. The van der Waals surface area contributed by atoms with Crippen molar-refractivity contribution in [1.82, 2.24) is 0 Å². The lowest BCUT2D eigenvalue weighted by Gasteiger charge is -2.18. The van der Waals surface area contributed by atoms with E-state index >= 15 is 0 Å². The fourth-order valence-corrected chi connectivity index (χ4v) is 3.70. The number of nitrogens with zero attached hydrogens (tertiary/aromatic N) is 1. The minimum Gasteiger partial charge on any atom is -0.508 e. The molecule has 0 aliphatic heterocycles. The third-order valence-electron chi connectivity index (χ3n) is 2.70. The Hall–Kier alpha value is -2.00. The van der Waals surface area contributed by atoms with E-state index < -0.39 is 21.8 Å². The Balaban J connectivity index is 2.49. The number of aromatic hydroxyl groups is 1. The largest absolute Gasteiger partial charge is 0.508 e. The van der Waals surface area contributed by atoms with Gasteiger partial charge in [-0.1, -0.05) is 6.07 Å². The molecule has 2 aromatic rings. The van der Waals surface area contributed by atoms with Gasteiger partial charge in [0.15, 0.2) is 4.67 Å². The first-order chi connectivity index (χ1) is 9.73. The number of aromatic carboxylic acids is 1. The van der Waals surface area contributed by atoms with Crippen molar-refractivity contribution < 1.29 is 27.8 Å². The maximum atomic E-state index is 12.5. The molecule has 0 atom stereocenters. The highest BCUT2D eigenvalue weighted by Crippen LogP contribution is 2.31. The third kappa shape index (κ3) is 2.88. The van der Waals surface area contributed by atoms with Crippen molar-refractivity contribution in [2.75, 3.05) is 11.4 Å². The summed E-state index contributed by atoms with van der Waals surface area (Å²) < 4.78 is 30.5. The summed E-state index contributed by atoms with van der Waals surface area (Å²) in [4.78, 5) is 10.5. The first-order valence-corrected chi connectivity index (χ1v) is 7.77. The Morgan fingerprint density at radius 2 is 2.00 bits per heavy atom. The molecule has 1 aromatic carbocycles. The number of hydrogen-bond donors (Lipinski definition) is 2. The van der Waals surface area contributed by atoms with E-state index in [2.05, 4.69) is 15.9 Å². The Kier molecular flexibility index (Phi) is 3.97. The smallest absolute Gasteiger partial charge is 0.371 e. The Bertz CT molecular complexity index is 798. The number of benzene rings is 1. The zero-order valence-electron chi connectivity index (χ0n) is 10.6. The van der Waals surface area contributed by atoms with E-state index in [1.165, 1.54) is 31.3 Å². The van der Waals surface area contributed by atoms with E-state index in [0.29, 0.717) is 0 Å². The number of carbonyl (C=O) groups is 1. The van der Waals surface area contributed by atoms with Gasteiger partial charge in [0.1, 0.15) is 10.6 Å². The van der Waals surface area contributed by atoms with Crippen LogP contribution >= 0.6 is 15.9 Å². The number of hydrogen-bond acceptors (Lipinski definition) is 5. The number of phenolic OH excluding ortho intramolecular Hbond substituents is 1. The maximum Gasteiger partial charge on any atom is 0.371 e. The van der Waals surface area contributed by atoms with Crippen LogP contribution in [-0.2, 0) is 10.0 Å². The number of halogens is 1. The minimum atomic E-state index is -4.03. The molecular weight excluding hydrogens is 366 g/mol. The van der Waals surface area contributed by atoms with Crippen LogP contribution in [0.1, 0.15) is 10.6 Å². The molecule has 9 heteroatoms. The summed E-state index contributed by atoms with van der Waals surface area (Å²) in [7, 11) is -2.75. The second kappa shape index (κ2) is 5.41. The lowest BCUT2D eigenvalue weighted by Crippen LogP contribution is -2.26. The van der Waals surface area contributed by atoms with Gasteiger partial charge in [-0.05, 0) is 28.1 Å². The van der Waals surface area contributed by atoms with Gasteiger partial charge in [0, 0.05) is 19.2 Å². The normalized spacial score (nSPS) is 11.3. The van der Waals surface area contributed by atoms with E-state index in [0.717, 1.165) is 10.4 Å². The number of sulfonamides is 1. The molecule has 0 bridgehead atoms. The molecule has 112 valence electrons. The average molecular weight is 376 g/mol. The van der Waals surface area contributed by atoms with E-state index in [1.807, 2.05) is 0 Å². The molecule has 0 spiro atoms. The fraction of sp³-hybridized carbons (Fsp3) is 0.0833. The highest BCUT2D eigenvalue weighted by molar-refractivity contribution is 9.10. The number of phenols is 1. The second-order valence-electron chi connectivity index (χ2n) is 4.05. The molecule has 1 heterocycles. The van der Waals surface area contributed by atoms with Crippen LogP contribution in [0.4, 0.5) is 5.69 Å². The molecule has 2 N–H and O–H groups in total. The van der Waals surface area contributed by atoms with Crippen molar-refractivity contribution in [3.63, 3.8) is 0 Å². The molecule has 0 aliphatic rings.